The fourth-order valence-electron chi connectivity index (χ4n) is 5.73. The van der Waals surface area contributed by atoms with Crippen molar-refractivity contribution in [3.05, 3.63) is 54.1 Å². The summed E-state index contributed by atoms with van der Waals surface area (Å²) in [6, 6.07) is 12.2. The Bertz CT molecular complexity index is 775. The van der Waals surface area contributed by atoms with E-state index in [9.17, 15) is 4.79 Å². The molecule has 1 aromatic heterocycles. The number of aromatic nitrogens is 2. The highest BCUT2D eigenvalue weighted by Crippen LogP contribution is 2.40. The fraction of sp³-hybridized carbons (Fsp3) is 0.545. The van der Waals surface area contributed by atoms with Crippen molar-refractivity contribution in [3.8, 4) is 0 Å². The number of aromatic amines is 1. The maximum absolute atomic E-state index is 12.8. The van der Waals surface area contributed by atoms with Crippen LogP contribution in [0.2, 0.25) is 0 Å². The third kappa shape index (κ3) is 3.29. The number of hydrogen-bond donors (Lipinski definition) is 1. The van der Waals surface area contributed by atoms with Crippen molar-refractivity contribution in [2.75, 3.05) is 19.6 Å². The van der Waals surface area contributed by atoms with Crippen LogP contribution in [0.3, 0.4) is 0 Å². The van der Waals surface area contributed by atoms with Crippen molar-refractivity contribution in [1.82, 2.24) is 19.8 Å². The van der Waals surface area contributed by atoms with E-state index >= 15 is 0 Å². The Morgan fingerprint density at radius 2 is 2.04 bits per heavy atom. The fourth-order valence-corrected chi connectivity index (χ4v) is 5.73. The molecule has 0 saturated carbocycles. The highest BCUT2D eigenvalue weighted by molar-refractivity contribution is 5.92. The van der Waals surface area contributed by atoms with Gasteiger partial charge >= 0.3 is 0 Å². The van der Waals surface area contributed by atoms with Gasteiger partial charge in [0.15, 0.2) is 0 Å². The number of nitrogens with zero attached hydrogens (tertiary/aromatic N) is 3. The Balaban J connectivity index is 1.31. The maximum Gasteiger partial charge on any atom is 0.271 e. The molecule has 4 heterocycles. The molecule has 142 valence electrons. The summed E-state index contributed by atoms with van der Waals surface area (Å²) in [5.74, 6) is 1.33. The lowest BCUT2D eigenvalue weighted by molar-refractivity contribution is -0.0499. The molecule has 4 atom stereocenters. The van der Waals surface area contributed by atoms with Crippen LogP contribution in [0.15, 0.2) is 42.9 Å². The first-order valence-corrected chi connectivity index (χ1v) is 10.4. The zero-order valence-electron chi connectivity index (χ0n) is 15.8. The number of rotatable bonds is 3. The largest absolute Gasteiger partial charge is 0.341 e. The average Bonchev–Trinajstić information content (AvgIpc) is 3.23. The summed E-state index contributed by atoms with van der Waals surface area (Å²) in [5, 5.41) is 0. The summed E-state index contributed by atoms with van der Waals surface area (Å²) in [6.45, 7) is 2.93. The molecular formula is C22H28N4O. The number of H-pyrrole nitrogens is 1. The van der Waals surface area contributed by atoms with Crippen molar-refractivity contribution in [2.45, 2.75) is 44.2 Å². The van der Waals surface area contributed by atoms with Crippen LogP contribution in [0, 0.1) is 11.8 Å². The number of imidazole rings is 1. The normalized spacial score (nSPS) is 30.7. The number of piperidine rings is 3. The number of carbonyl (C=O) groups excluding carboxylic acids is 1. The minimum atomic E-state index is 0.118. The molecule has 1 aromatic carbocycles. The van der Waals surface area contributed by atoms with Crippen LogP contribution in [-0.4, -0.2) is 57.4 Å². The highest BCUT2D eigenvalue weighted by Gasteiger charge is 2.45. The predicted molar refractivity (Wildman–Crippen MR) is 104 cm³/mol. The quantitative estimate of drug-likeness (QED) is 0.911. The van der Waals surface area contributed by atoms with E-state index in [0.29, 0.717) is 29.6 Å². The van der Waals surface area contributed by atoms with Gasteiger partial charge in [-0.1, -0.05) is 36.8 Å². The minimum Gasteiger partial charge on any atom is -0.341 e. The van der Waals surface area contributed by atoms with E-state index in [1.807, 2.05) is 0 Å². The van der Waals surface area contributed by atoms with Crippen LogP contribution in [0.1, 0.15) is 41.7 Å². The average molecular weight is 364 g/mol. The molecule has 0 unspecified atom stereocenters. The van der Waals surface area contributed by atoms with Gasteiger partial charge in [0.25, 0.3) is 5.91 Å². The lowest BCUT2D eigenvalue weighted by Gasteiger charge is -2.55. The summed E-state index contributed by atoms with van der Waals surface area (Å²) in [7, 11) is 0. The van der Waals surface area contributed by atoms with Gasteiger partial charge in [-0.25, -0.2) is 4.98 Å². The molecule has 0 aliphatic carbocycles. The molecule has 0 spiro atoms. The summed E-state index contributed by atoms with van der Waals surface area (Å²) < 4.78 is 0. The Kier molecular flexibility index (Phi) is 4.48. The first-order chi connectivity index (χ1) is 13.3. The molecule has 3 aliphatic heterocycles. The van der Waals surface area contributed by atoms with Gasteiger partial charge in [0, 0.05) is 31.7 Å². The molecule has 5 nitrogen and oxygen atoms in total. The van der Waals surface area contributed by atoms with Gasteiger partial charge in [-0.3, -0.25) is 9.69 Å². The second kappa shape index (κ2) is 7.12. The van der Waals surface area contributed by atoms with Crippen LogP contribution in [0.5, 0.6) is 0 Å². The molecule has 3 aliphatic rings. The summed E-state index contributed by atoms with van der Waals surface area (Å²) in [4.78, 5) is 24.7. The van der Waals surface area contributed by atoms with E-state index in [1.54, 1.807) is 12.5 Å². The van der Waals surface area contributed by atoms with Gasteiger partial charge < -0.3 is 9.88 Å². The van der Waals surface area contributed by atoms with E-state index < -0.39 is 0 Å². The Hall–Kier alpha value is -2.14. The molecular weight excluding hydrogens is 336 g/mol. The smallest absolute Gasteiger partial charge is 0.271 e. The van der Waals surface area contributed by atoms with E-state index in [-0.39, 0.29) is 5.91 Å². The zero-order valence-corrected chi connectivity index (χ0v) is 15.8. The lowest BCUT2D eigenvalue weighted by atomic mass is 9.74. The monoisotopic (exact) mass is 364 g/mol. The van der Waals surface area contributed by atoms with Crippen molar-refractivity contribution < 1.29 is 4.79 Å². The maximum atomic E-state index is 12.8. The topological polar surface area (TPSA) is 52.2 Å². The molecule has 27 heavy (non-hydrogen) atoms. The number of carbonyl (C=O) groups is 1. The highest BCUT2D eigenvalue weighted by atomic mass is 16.2. The standard InChI is InChI=1S/C22H28N4O/c27-22(20-11-23-15-24-20)25-12-17-9-18(14-25)21-8-4-7-19(26(21)13-17)10-16-5-2-1-3-6-16/h1-3,5-6,11,15,17-19,21H,4,7-10,12-14H2,(H,23,24)/t17-,18+,19+,21-/m0/s1. The van der Waals surface area contributed by atoms with Gasteiger partial charge in [0.1, 0.15) is 5.69 Å². The SMILES string of the molecule is O=C(c1cnc[nH]1)N1C[C@@H]2C[C@H](C1)[C@@H]1CCC[C@H](Cc3ccccc3)N1C2. The van der Waals surface area contributed by atoms with E-state index in [4.69, 9.17) is 0 Å². The Morgan fingerprint density at radius 3 is 2.85 bits per heavy atom. The predicted octanol–water partition coefficient (Wildman–Crippen LogP) is 2.97. The molecule has 0 radical (unpaired) electrons. The van der Waals surface area contributed by atoms with E-state index in [2.05, 4.69) is 50.1 Å². The van der Waals surface area contributed by atoms with Crippen LogP contribution >= 0.6 is 0 Å². The molecule has 3 saturated heterocycles. The summed E-state index contributed by atoms with van der Waals surface area (Å²) >= 11 is 0. The Morgan fingerprint density at radius 1 is 1.15 bits per heavy atom. The summed E-state index contributed by atoms with van der Waals surface area (Å²) in [5.41, 5.74) is 2.08. The van der Waals surface area contributed by atoms with Crippen molar-refractivity contribution in [1.29, 1.82) is 0 Å². The Labute approximate surface area is 160 Å². The second-order valence-corrected chi connectivity index (χ2v) is 8.58. The van der Waals surface area contributed by atoms with Crippen LogP contribution in [-0.2, 0) is 6.42 Å². The van der Waals surface area contributed by atoms with Gasteiger partial charge in [-0.2, -0.15) is 0 Å². The molecule has 5 rings (SSSR count). The first kappa shape index (κ1) is 17.0. The third-order valence-electron chi connectivity index (χ3n) is 6.84. The number of hydrogen-bond acceptors (Lipinski definition) is 3. The first-order valence-electron chi connectivity index (χ1n) is 10.4. The summed E-state index contributed by atoms with van der Waals surface area (Å²) in [6.07, 6.45) is 9.59. The molecule has 2 bridgehead atoms. The van der Waals surface area contributed by atoms with Crippen LogP contribution in [0.4, 0.5) is 0 Å². The zero-order chi connectivity index (χ0) is 18.2. The van der Waals surface area contributed by atoms with Crippen LogP contribution in [0.25, 0.3) is 0 Å². The number of likely N-dealkylation sites (tertiary alicyclic amines) is 1. The molecule has 5 heteroatoms. The van der Waals surface area contributed by atoms with Gasteiger partial charge in [0.05, 0.1) is 12.5 Å². The molecule has 1 amide bonds. The second-order valence-electron chi connectivity index (χ2n) is 8.58. The molecule has 2 aromatic rings. The van der Waals surface area contributed by atoms with Crippen molar-refractivity contribution in [2.24, 2.45) is 11.8 Å². The van der Waals surface area contributed by atoms with Gasteiger partial charge in [-0.15, -0.1) is 0 Å². The van der Waals surface area contributed by atoms with Crippen LogP contribution < -0.4 is 0 Å². The van der Waals surface area contributed by atoms with Gasteiger partial charge in [-0.05, 0) is 43.1 Å². The molecule has 3 fully saturated rings. The minimum absolute atomic E-state index is 0.118. The number of fused-ring (bicyclic) bond motifs is 4. The number of amides is 1. The van der Waals surface area contributed by atoms with Crippen molar-refractivity contribution in [3.63, 3.8) is 0 Å². The third-order valence-corrected chi connectivity index (χ3v) is 6.84. The molecule has 1 N–H and O–H groups in total. The lowest BCUT2D eigenvalue weighted by Crippen LogP contribution is -2.62. The van der Waals surface area contributed by atoms with Crippen molar-refractivity contribution >= 4 is 5.91 Å². The number of benzene rings is 1. The van der Waals surface area contributed by atoms with Gasteiger partial charge in [0.2, 0.25) is 0 Å². The van der Waals surface area contributed by atoms with E-state index in [0.717, 1.165) is 26.1 Å². The number of nitrogens with one attached hydrogen (secondary N) is 1. The van der Waals surface area contributed by atoms with E-state index in [1.165, 1.54) is 31.2 Å².